The Morgan fingerprint density at radius 1 is 0.838 bits per heavy atom. The molecule has 0 radical (unpaired) electrons. The minimum absolute atomic E-state index is 0.0807. The highest BCUT2D eigenvalue weighted by atomic mass is 16.6. The summed E-state index contributed by atoms with van der Waals surface area (Å²) in [5, 5.41) is 5.39. The predicted octanol–water partition coefficient (Wildman–Crippen LogP) is 4.79. The fourth-order valence-corrected chi connectivity index (χ4v) is 3.48. The van der Waals surface area contributed by atoms with Crippen molar-refractivity contribution in [1.29, 1.82) is 0 Å². The van der Waals surface area contributed by atoms with Crippen LogP contribution in [0, 0.1) is 5.92 Å². The number of carbonyl (C=O) groups is 3. The van der Waals surface area contributed by atoms with E-state index in [1.165, 1.54) is 0 Å². The summed E-state index contributed by atoms with van der Waals surface area (Å²) in [6.45, 7) is 13.1. The van der Waals surface area contributed by atoms with Crippen molar-refractivity contribution >= 4 is 18.0 Å². The van der Waals surface area contributed by atoms with Crippen molar-refractivity contribution in [3.63, 3.8) is 0 Å². The number of esters is 1. The Hall–Kier alpha value is -3.55. The first-order chi connectivity index (χ1) is 17.3. The van der Waals surface area contributed by atoms with Crippen LogP contribution in [-0.2, 0) is 32.1 Å². The highest BCUT2D eigenvalue weighted by molar-refractivity contribution is 5.90. The molecule has 8 heteroatoms. The Morgan fingerprint density at radius 2 is 1.46 bits per heavy atom. The molecule has 37 heavy (non-hydrogen) atoms. The van der Waals surface area contributed by atoms with E-state index in [1.807, 2.05) is 75.4 Å². The van der Waals surface area contributed by atoms with Crippen LogP contribution in [0.2, 0.25) is 0 Å². The molecular formula is C29H40N2O6. The van der Waals surface area contributed by atoms with Crippen LogP contribution in [0.25, 0.3) is 0 Å². The van der Waals surface area contributed by atoms with E-state index >= 15 is 0 Å². The van der Waals surface area contributed by atoms with Crippen molar-refractivity contribution in [2.45, 2.75) is 85.3 Å². The lowest BCUT2D eigenvalue weighted by Crippen LogP contribution is -2.54. The number of alkyl carbamates (subject to hydrolysis) is 1. The molecule has 2 rings (SSSR count). The second kappa shape index (κ2) is 13.7. The van der Waals surface area contributed by atoms with E-state index in [1.54, 1.807) is 27.7 Å². The van der Waals surface area contributed by atoms with Crippen molar-refractivity contribution in [3.05, 3.63) is 65.7 Å². The van der Waals surface area contributed by atoms with E-state index in [0.29, 0.717) is 5.75 Å². The number of hydrogen-bond donors (Lipinski definition) is 2. The third-order valence-corrected chi connectivity index (χ3v) is 5.18. The summed E-state index contributed by atoms with van der Waals surface area (Å²) >= 11 is 0. The van der Waals surface area contributed by atoms with Crippen LogP contribution in [0.4, 0.5) is 4.79 Å². The number of ether oxygens (including phenoxy) is 3. The van der Waals surface area contributed by atoms with Gasteiger partial charge in [-0.15, -0.1) is 0 Å². The molecule has 202 valence electrons. The molecule has 0 spiro atoms. The number of carbonyl (C=O) groups excluding carboxylic acids is 3. The van der Waals surface area contributed by atoms with Gasteiger partial charge in [0.1, 0.15) is 30.0 Å². The van der Waals surface area contributed by atoms with Crippen LogP contribution >= 0.6 is 0 Å². The molecule has 2 N–H and O–H groups in total. The number of nitrogens with one attached hydrogen (secondary N) is 2. The van der Waals surface area contributed by atoms with E-state index in [-0.39, 0.29) is 30.7 Å². The van der Waals surface area contributed by atoms with Gasteiger partial charge in [0.2, 0.25) is 5.91 Å². The Balaban J connectivity index is 2.09. The first-order valence-corrected chi connectivity index (χ1v) is 12.6. The Kier molecular flexibility index (Phi) is 11.0. The van der Waals surface area contributed by atoms with Gasteiger partial charge < -0.3 is 24.8 Å². The summed E-state index contributed by atoms with van der Waals surface area (Å²) in [6.07, 6.45) is -0.842. The van der Waals surface area contributed by atoms with Gasteiger partial charge in [0, 0.05) is 6.42 Å². The molecule has 0 aromatic heterocycles. The summed E-state index contributed by atoms with van der Waals surface area (Å²) < 4.78 is 16.5. The summed E-state index contributed by atoms with van der Waals surface area (Å²) in [7, 11) is 0. The monoisotopic (exact) mass is 512 g/mol. The molecule has 0 saturated heterocycles. The third kappa shape index (κ3) is 10.9. The SMILES string of the molecule is CC(C)OC(=O)[C@H](Cc1ccc(OC(C)(C)C)cc1)NC(=O)[C@@H](NC(=O)OCc1ccccc1)C(C)C. The average molecular weight is 513 g/mol. The topological polar surface area (TPSA) is 103 Å². The second-order valence-corrected chi connectivity index (χ2v) is 10.5. The van der Waals surface area contributed by atoms with Crippen LogP contribution in [0.15, 0.2) is 54.6 Å². The molecule has 8 nitrogen and oxygen atoms in total. The molecule has 2 amide bonds. The molecule has 0 fully saturated rings. The van der Waals surface area contributed by atoms with E-state index in [9.17, 15) is 14.4 Å². The van der Waals surface area contributed by atoms with Crippen molar-refractivity contribution < 1.29 is 28.6 Å². The molecule has 0 bridgehead atoms. The van der Waals surface area contributed by atoms with Crippen LogP contribution < -0.4 is 15.4 Å². The lowest BCUT2D eigenvalue weighted by Gasteiger charge is -2.25. The largest absolute Gasteiger partial charge is 0.488 e. The maximum absolute atomic E-state index is 13.2. The summed E-state index contributed by atoms with van der Waals surface area (Å²) in [5.74, 6) is -0.586. The molecular weight excluding hydrogens is 472 g/mol. The predicted molar refractivity (Wildman–Crippen MR) is 142 cm³/mol. The van der Waals surface area contributed by atoms with Crippen LogP contribution in [0.3, 0.4) is 0 Å². The Labute approximate surface area is 220 Å². The third-order valence-electron chi connectivity index (χ3n) is 5.18. The van der Waals surface area contributed by atoms with Crippen molar-refractivity contribution in [2.75, 3.05) is 0 Å². The molecule has 0 unspecified atom stereocenters. The van der Waals surface area contributed by atoms with E-state index < -0.39 is 30.1 Å². The minimum Gasteiger partial charge on any atom is -0.488 e. The Morgan fingerprint density at radius 3 is 2.00 bits per heavy atom. The van der Waals surface area contributed by atoms with Crippen LogP contribution in [0.5, 0.6) is 5.75 Å². The fraction of sp³-hybridized carbons (Fsp3) is 0.483. The lowest BCUT2D eigenvalue weighted by molar-refractivity contribution is -0.151. The molecule has 0 aliphatic rings. The zero-order valence-electron chi connectivity index (χ0n) is 22.9. The normalized spacial score (nSPS) is 13.0. The quantitative estimate of drug-likeness (QED) is 0.420. The number of rotatable bonds is 11. The standard InChI is InChI=1S/C29H40N2O6/c1-19(2)25(31-28(34)35-18-22-11-9-8-10-12-22)26(32)30-24(27(33)36-20(3)4)17-21-13-15-23(16-14-21)37-29(5,6)7/h8-16,19-20,24-25H,17-18H2,1-7H3,(H,30,32)(H,31,34)/t24-,25-/m0/s1. The molecule has 2 atom stereocenters. The smallest absolute Gasteiger partial charge is 0.408 e. The zero-order chi connectivity index (χ0) is 27.6. The van der Waals surface area contributed by atoms with Gasteiger partial charge in [-0.25, -0.2) is 9.59 Å². The van der Waals surface area contributed by atoms with Gasteiger partial charge >= 0.3 is 12.1 Å². The van der Waals surface area contributed by atoms with Crippen molar-refractivity contribution in [2.24, 2.45) is 5.92 Å². The number of hydrogen-bond acceptors (Lipinski definition) is 6. The first-order valence-electron chi connectivity index (χ1n) is 12.6. The minimum atomic E-state index is -0.937. The highest BCUT2D eigenvalue weighted by Crippen LogP contribution is 2.19. The summed E-state index contributed by atoms with van der Waals surface area (Å²) in [6, 6.07) is 14.8. The Bertz CT molecular complexity index is 1010. The van der Waals surface area contributed by atoms with Crippen molar-refractivity contribution in [1.82, 2.24) is 10.6 Å². The van der Waals surface area contributed by atoms with Crippen LogP contribution in [0.1, 0.15) is 59.6 Å². The molecule has 0 heterocycles. The number of amides is 2. The van der Waals surface area contributed by atoms with Crippen LogP contribution in [-0.4, -0.2) is 41.8 Å². The average Bonchev–Trinajstić information content (AvgIpc) is 2.81. The van der Waals surface area contributed by atoms with Gasteiger partial charge in [0.15, 0.2) is 0 Å². The van der Waals surface area contributed by atoms with E-state index in [4.69, 9.17) is 14.2 Å². The molecule has 2 aromatic carbocycles. The van der Waals surface area contributed by atoms with Gasteiger partial charge in [0.05, 0.1) is 6.10 Å². The fourth-order valence-electron chi connectivity index (χ4n) is 3.48. The second-order valence-electron chi connectivity index (χ2n) is 10.5. The molecule has 2 aromatic rings. The van der Waals surface area contributed by atoms with Gasteiger partial charge in [-0.05, 0) is 63.8 Å². The molecule has 0 aliphatic carbocycles. The van der Waals surface area contributed by atoms with Gasteiger partial charge in [-0.1, -0.05) is 56.3 Å². The van der Waals surface area contributed by atoms with Gasteiger partial charge in [-0.2, -0.15) is 0 Å². The first kappa shape index (κ1) is 29.7. The highest BCUT2D eigenvalue weighted by Gasteiger charge is 2.30. The van der Waals surface area contributed by atoms with Gasteiger partial charge in [-0.3, -0.25) is 4.79 Å². The zero-order valence-corrected chi connectivity index (χ0v) is 22.9. The lowest BCUT2D eigenvalue weighted by atomic mass is 10.0. The maximum atomic E-state index is 13.2. The summed E-state index contributed by atoms with van der Waals surface area (Å²) in [5.41, 5.74) is 1.32. The molecule has 0 saturated carbocycles. The maximum Gasteiger partial charge on any atom is 0.408 e. The van der Waals surface area contributed by atoms with E-state index in [0.717, 1.165) is 11.1 Å². The van der Waals surface area contributed by atoms with E-state index in [2.05, 4.69) is 10.6 Å². The van der Waals surface area contributed by atoms with Crippen molar-refractivity contribution in [3.8, 4) is 5.75 Å². The molecule has 0 aliphatic heterocycles. The van der Waals surface area contributed by atoms with Gasteiger partial charge in [0.25, 0.3) is 0 Å². The number of benzene rings is 2. The summed E-state index contributed by atoms with van der Waals surface area (Å²) in [4.78, 5) is 38.4.